The molecule has 2 heterocycles. The van der Waals surface area contributed by atoms with Gasteiger partial charge >= 0.3 is 0 Å². The van der Waals surface area contributed by atoms with Gasteiger partial charge in [0.1, 0.15) is 17.9 Å². The van der Waals surface area contributed by atoms with E-state index in [1.54, 1.807) is 41.6 Å². The highest BCUT2D eigenvalue weighted by atomic mass is 35.5. The van der Waals surface area contributed by atoms with Gasteiger partial charge in [-0.3, -0.25) is 14.8 Å². The number of halogens is 2. The lowest BCUT2D eigenvalue weighted by Gasteiger charge is -2.12. The molecule has 3 N–H and O–H groups in total. The van der Waals surface area contributed by atoms with Crippen LogP contribution in [0, 0.1) is 0 Å². The second-order valence-corrected chi connectivity index (χ2v) is 8.42. The van der Waals surface area contributed by atoms with Gasteiger partial charge in [-0.05, 0) is 41.5 Å². The first-order chi connectivity index (χ1) is 16.9. The molecule has 0 aliphatic rings. The van der Waals surface area contributed by atoms with E-state index in [4.69, 9.17) is 33.1 Å². The van der Waals surface area contributed by atoms with E-state index in [-0.39, 0.29) is 30.2 Å². The van der Waals surface area contributed by atoms with Gasteiger partial charge in [0.15, 0.2) is 5.75 Å². The van der Waals surface area contributed by atoms with Crippen LogP contribution in [-0.4, -0.2) is 31.4 Å². The Morgan fingerprint density at radius 2 is 1.80 bits per heavy atom. The highest BCUT2D eigenvalue weighted by Crippen LogP contribution is 2.29. The third-order valence-electron chi connectivity index (χ3n) is 5.22. The number of nitrogens with zero attached hydrogens (tertiary/aromatic N) is 3. The molecule has 0 saturated carbocycles. The number of hydroxylamine groups is 1. The summed E-state index contributed by atoms with van der Waals surface area (Å²) in [5, 5.41) is 16.9. The number of carbonyl (C=O) groups is 2. The Labute approximate surface area is 210 Å². The molecular weight excluding hydrogens is 493 g/mol. The van der Waals surface area contributed by atoms with Crippen LogP contribution in [0.5, 0.6) is 5.75 Å². The highest BCUT2D eigenvalue weighted by Gasteiger charge is 2.26. The van der Waals surface area contributed by atoms with Crippen LogP contribution in [0.3, 0.4) is 0 Å². The SMILES string of the molecule is Cn1cc(C(=O)NO)c(OCc2ccc(Cl)c(Cl)c2)c1C(=O)NCc1ccc(-n2cccn2)cc1. The van der Waals surface area contributed by atoms with Crippen LogP contribution in [0.25, 0.3) is 5.69 Å². The number of hydrogen-bond donors (Lipinski definition) is 3. The lowest BCUT2D eigenvalue weighted by molar-refractivity contribution is 0.0702. The number of rotatable bonds is 8. The largest absolute Gasteiger partial charge is 0.486 e. The van der Waals surface area contributed by atoms with Gasteiger partial charge in [0.05, 0.1) is 15.7 Å². The Balaban J connectivity index is 1.52. The molecule has 9 nitrogen and oxygen atoms in total. The summed E-state index contributed by atoms with van der Waals surface area (Å²) in [4.78, 5) is 25.3. The van der Waals surface area contributed by atoms with Gasteiger partial charge in [-0.25, -0.2) is 10.2 Å². The van der Waals surface area contributed by atoms with Gasteiger partial charge in [0.25, 0.3) is 11.8 Å². The lowest BCUT2D eigenvalue weighted by atomic mass is 10.2. The molecule has 2 aromatic carbocycles. The maximum Gasteiger partial charge on any atom is 0.279 e. The second-order valence-electron chi connectivity index (χ2n) is 7.61. The average molecular weight is 514 g/mol. The predicted molar refractivity (Wildman–Crippen MR) is 130 cm³/mol. The summed E-state index contributed by atoms with van der Waals surface area (Å²) in [6.45, 7) is 0.263. The van der Waals surface area contributed by atoms with E-state index in [0.717, 1.165) is 11.3 Å². The minimum atomic E-state index is -0.807. The summed E-state index contributed by atoms with van der Waals surface area (Å²) in [6.07, 6.45) is 4.94. The third kappa shape index (κ3) is 5.48. The van der Waals surface area contributed by atoms with E-state index in [1.807, 2.05) is 36.5 Å². The molecule has 2 amide bonds. The van der Waals surface area contributed by atoms with Crippen molar-refractivity contribution in [2.75, 3.05) is 0 Å². The first-order valence-corrected chi connectivity index (χ1v) is 11.2. The number of carbonyl (C=O) groups excluding carboxylic acids is 2. The molecule has 35 heavy (non-hydrogen) atoms. The third-order valence-corrected chi connectivity index (χ3v) is 5.96. The van der Waals surface area contributed by atoms with Gasteiger partial charge in [-0.15, -0.1) is 0 Å². The lowest BCUT2D eigenvalue weighted by Crippen LogP contribution is -2.25. The minimum Gasteiger partial charge on any atom is -0.486 e. The van der Waals surface area contributed by atoms with Crippen molar-refractivity contribution in [2.24, 2.45) is 7.05 Å². The number of hydrogen-bond acceptors (Lipinski definition) is 5. The fourth-order valence-electron chi connectivity index (χ4n) is 3.47. The number of aromatic nitrogens is 3. The molecule has 4 rings (SSSR count). The van der Waals surface area contributed by atoms with Gasteiger partial charge in [-0.2, -0.15) is 5.10 Å². The van der Waals surface area contributed by atoms with Crippen LogP contribution in [0.1, 0.15) is 32.0 Å². The number of benzene rings is 2. The Morgan fingerprint density at radius 3 is 2.46 bits per heavy atom. The molecule has 0 spiro atoms. The van der Waals surface area contributed by atoms with E-state index in [2.05, 4.69) is 10.4 Å². The zero-order chi connectivity index (χ0) is 24.9. The summed E-state index contributed by atoms with van der Waals surface area (Å²) in [5.74, 6) is -1.24. The van der Waals surface area contributed by atoms with Crippen molar-refractivity contribution in [2.45, 2.75) is 13.2 Å². The molecule has 0 atom stereocenters. The molecule has 2 aromatic heterocycles. The molecule has 0 aliphatic carbocycles. The van der Waals surface area contributed by atoms with Crippen molar-refractivity contribution < 1.29 is 19.5 Å². The fraction of sp³-hybridized carbons (Fsp3) is 0.125. The van der Waals surface area contributed by atoms with Crippen molar-refractivity contribution in [1.82, 2.24) is 25.1 Å². The van der Waals surface area contributed by atoms with Crippen LogP contribution in [0.15, 0.2) is 67.1 Å². The van der Waals surface area contributed by atoms with Crippen molar-refractivity contribution >= 4 is 35.0 Å². The molecule has 0 bridgehead atoms. The van der Waals surface area contributed by atoms with Crippen LogP contribution < -0.4 is 15.5 Å². The fourth-order valence-corrected chi connectivity index (χ4v) is 3.80. The van der Waals surface area contributed by atoms with E-state index >= 15 is 0 Å². The number of ether oxygens (including phenoxy) is 1. The zero-order valence-corrected chi connectivity index (χ0v) is 20.0. The number of nitrogens with one attached hydrogen (secondary N) is 2. The Bertz CT molecular complexity index is 1350. The summed E-state index contributed by atoms with van der Waals surface area (Å²) >= 11 is 12.0. The standard InChI is InChI=1S/C24H21Cl2N5O4/c1-30-13-18(23(32)29-34)22(35-14-16-5-8-19(25)20(26)11-16)21(30)24(33)27-12-15-3-6-17(7-4-15)31-10-2-9-28-31/h2-11,13,34H,12,14H2,1H3,(H,27,33)(H,29,32). The van der Waals surface area contributed by atoms with Gasteiger partial charge < -0.3 is 14.6 Å². The van der Waals surface area contributed by atoms with Crippen molar-refractivity contribution in [3.8, 4) is 11.4 Å². The van der Waals surface area contributed by atoms with E-state index in [9.17, 15) is 9.59 Å². The summed E-state index contributed by atoms with van der Waals surface area (Å²) in [7, 11) is 1.61. The molecule has 0 aliphatic heterocycles. The van der Waals surface area contributed by atoms with Gasteiger partial charge in [0, 0.05) is 32.2 Å². The van der Waals surface area contributed by atoms with Gasteiger partial charge in [-0.1, -0.05) is 41.4 Å². The first-order valence-electron chi connectivity index (χ1n) is 10.4. The summed E-state index contributed by atoms with van der Waals surface area (Å²) in [6, 6.07) is 14.4. The average Bonchev–Trinajstić information content (AvgIpc) is 3.51. The second kappa shape index (κ2) is 10.6. The van der Waals surface area contributed by atoms with E-state index < -0.39 is 11.8 Å². The smallest absolute Gasteiger partial charge is 0.279 e. The van der Waals surface area contributed by atoms with Crippen molar-refractivity contribution in [3.63, 3.8) is 0 Å². The number of amides is 2. The summed E-state index contributed by atoms with van der Waals surface area (Å²) < 4.78 is 9.06. The van der Waals surface area contributed by atoms with Crippen LogP contribution in [-0.2, 0) is 20.2 Å². The molecule has 0 radical (unpaired) electrons. The highest BCUT2D eigenvalue weighted by molar-refractivity contribution is 6.42. The van der Waals surface area contributed by atoms with E-state index in [0.29, 0.717) is 15.6 Å². The molecule has 4 aromatic rings. The topological polar surface area (TPSA) is 110 Å². The number of aryl methyl sites for hydroxylation is 1. The Morgan fingerprint density at radius 1 is 1.06 bits per heavy atom. The van der Waals surface area contributed by atoms with E-state index in [1.165, 1.54) is 10.8 Å². The maximum absolute atomic E-state index is 13.1. The first kappa shape index (κ1) is 24.3. The molecule has 0 saturated heterocycles. The zero-order valence-electron chi connectivity index (χ0n) is 18.5. The quantitative estimate of drug-likeness (QED) is 0.242. The predicted octanol–water partition coefficient (Wildman–Crippen LogP) is 4.15. The van der Waals surface area contributed by atoms with Crippen LogP contribution in [0.2, 0.25) is 10.0 Å². The monoisotopic (exact) mass is 513 g/mol. The normalized spacial score (nSPS) is 10.7. The van der Waals surface area contributed by atoms with Crippen LogP contribution >= 0.6 is 23.2 Å². The molecule has 0 unspecified atom stereocenters. The summed E-state index contributed by atoms with van der Waals surface area (Å²) in [5.41, 5.74) is 4.15. The van der Waals surface area contributed by atoms with Crippen molar-refractivity contribution in [3.05, 3.63) is 99.6 Å². The molecular formula is C24H21Cl2N5O4. The molecule has 180 valence electrons. The Kier molecular flexibility index (Phi) is 7.40. The molecule has 0 fully saturated rings. The van der Waals surface area contributed by atoms with Crippen LogP contribution in [0.4, 0.5) is 0 Å². The van der Waals surface area contributed by atoms with Crippen molar-refractivity contribution in [1.29, 1.82) is 0 Å². The molecule has 11 heteroatoms. The maximum atomic E-state index is 13.1. The minimum absolute atomic E-state index is 0.00351. The van der Waals surface area contributed by atoms with Gasteiger partial charge in [0.2, 0.25) is 0 Å². The Hall–Kier alpha value is -3.79.